The molecule has 0 spiro atoms. The predicted octanol–water partition coefficient (Wildman–Crippen LogP) is 3.24. The lowest BCUT2D eigenvalue weighted by Crippen LogP contribution is -2.49. The van der Waals surface area contributed by atoms with Crippen molar-refractivity contribution in [3.05, 3.63) is 35.9 Å². The SMILES string of the molecule is O=C(NC1CCCCC1)[C@H]1CCCN1C(=O)OCc1ccccc1. The molecule has 1 saturated carbocycles. The number of carbonyl (C=O) groups excluding carboxylic acids is 2. The van der Waals surface area contributed by atoms with Crippen LogP contribution in [-0.4, -0.2) is 35.5 Å². The second-order valence-electron chi connectivity index (χ2n) is 6.74. The highest BCUT2D eigenvalue weighted by molar-refractivity contribution is 5.86. The zero-order valence-electron chi connectivity index (χ0n) is 14.1. The summed E-state index contributed by atoms with van der Waals surface area (Å²) in [6, 6.07) is 9.50. The highest BCUT2D eigenvalue weighted by Gasteiger charge is 2.35. The van der Waals surface area contributed by atoms with Crippen molar-refractivity contribution in [2.24, 2.45) is 0 Å². The van der Waals surface area contributed by atoms with E-state index in [-0.39, 0.29) is 30.7 Å². The summed E-state index contributed by atoms with van der Waals surface area (Å²) in [6.45, 7) is 0.837. The molecule has 3 rings (SSSR count). The number of nitrogens with zero attached hydrogens (tertiary/aromatic N) is 1. The van der Waals surface area contributed by atoms with E-state index >= 15 is 0 Å². The van der Waals surface area contributed by atoms with E-state index in [9.17, 15) is 9.59 Å². The molecule has 1 aromatic rings. The van der Waals surface area contributed by atoms with E-state index in [1.54, 1.807) is 4.90 Å². The van der Waals surface area contributed by atoms with E-state index < -0.39 is 0 Å². The van der Waals surface area contributed by atoms with Gasteiger partial charge in [0.15, 0.2) is 0 Å². The molecule has 5 nitrogen and oxygen atoms in total. The minimum Gasteiger partial charge on any atom is -0.445 e. The monoisotopic (exact) mass is 330 g/mol. The summed E-state index contributed by atoms with van der Waals surface area (Å²) in [6.07, 6.45) is 6.90. The van der Waals surface area contributed by atoms with Crippen LogP contribution in [-0.2, 0) is 16.1 Å². The zero-order valence-corrected chi connectivity index (χ0v) is 14.1. The summed E-state index contributed by atoms with van der Waals surface area (Å²) in [5.41, 5.74) is 0.952. The summed E-state index contributed by atoms with van der Waals surface area (Å²) in [4.78, 5) is 26.5. The molecule has 2 fully saturated rings. The first-order valence-electron chi connectivity index (χ1n) is 9.02. The summed E-state index contributed by atoms with van der Waals surface area (Å²) >= 11 is 0. The highest BCUT2D eigenvalue weighted by Crippen LogP contribution is 2.21. The predicted molar refractivity (Wildman–Crippen MR) is 91.4 cm³/mol. The molecule has 0 aromatic heterocycles. The van der Waals surface area contributed by atoms with E-state index in [1.165, 1.54) is 19.3 Å². The van der Waals surface area contributed by atoms with Crippen molar-refractivity contribution in [2.75, 3.05) is 6.54 Å². The van der Waals surface area contributed by atoms with Crippen molar-refractivity contribution in [3.63, 3.8) is 0 Å². The minimum atomic E-state index is -0.389. The summed E-state index contributed by atoms with van der Waals surface area (Å²) in [5.74, 6) is -0.0175. The Kier molecular flexibility index (Phi) is 5.72. The molecular weight excluding hydrogens is 304 g/mol. The van der Waals surface area contributed by atoms with Gasteiger partial charge in [-0.15, -0.1) is 0 Å². The van der Waals surface area contributed by atoms with Gasteiger partial charge in [0.25, 0.3) is 0 Å². The normalized spacial score (nSPS) is 21.5. The van der Waals surface area contributed by atoms with Gasteiger partial charge in [-0.25, -0.2) is 4.79 Å². The molecule has 2 aliphatic rings. The van der Waals surface area contributed by atoms with Gasteiger partial charge >= 0.3 is 6.09 Å². The number of carbonyl (C=O) groups is 2. The van der Waals surface area contributed by atoms with Gasteiger partial charge in [0.05, 0.1) is 0 Å². The van der Waals surface area contributed by atoms with Crippen molar-refractivity contribution in [2.45, 2.75) is 63.6 Å². The van der Waals surface area contributed by atoms with E-state index in [0.717, 1.165) is 31.2 Å². The van der Waals surface area contributed by atoms with Crippen LogP contribution in [0.1, 0.15) is 50.5 Å². The van der Waals surface area contributed by atoms with Gasteiger partial charge in [-0.1, -0.05) is 49.6 Å². The van der Waals surface area contributed by atoms with Gasteiger partial charge in [0, 0.05) is 12.6 Å². The third-order valence-electron chi connectivity index (χ3n) is 4.95. The van der Waals surface area contributed by atoms with Crippen molar-refractivity contribution < 1.29 is 14.3 Å². The molecule has 130 valence electrons. The number of hydrogen-bond acceptors (Lipinski definition) is 3. The summed E-state index contributed by atoms with van der Waals surface area (Å²) in [7, 11) is 0. The maximum absolute atomic E-state index is 12.5. The fraction of sp³-hybridized carbons (Fsp3) is 0.579. The Bertz CT molecular complexity index is 555. The smallest absolute Gasteiger partial charge is 0.410 e. The Morgan fingerprint density at radius 3 is 2.54 bits per heavy atom. The van der Waals surface area contributed by atoms with E-state index in [2.05, 4.69) is 5.32 Å². The van der Waals surface area contributed by atoms with Crippen LogP contribution < -0.4 is 5.32 Å². The second kappa shape index (κ2) is 8.18. The first kappa shape index (κ1) is 16.8. The molecule has 1 aromatic carbocycles. The maximum atomic E-state index is 12.5. The number of nitrogens with one attached hydrogen (secondary N) is 1. The Labute approximate surface area is 143 Å². The number of ether oxygens (including phenoxy) is 1. The number of benzene rings is 1. The largest absolute Gasteiger partial charge is 0.445 e. The topological polar surface area (TPSA) is 58.6 Å². The van der Waals surface area contributed by atoms with Crippen molar-refractivity contribution in [1.82, 2.24) is 10.2 Å². The number of hydrogen-bond donors (Lipinski definition) is 1. The lowest BCUT2D eigenvalue weighted by Gasteiger charge is -2.27. The molecule has 1 aliphatic carbocycles. The van der Waals surface area contributed by atoms with Gasteiger partial charge in [-0.05, 0) is 31.2 Å². The van der Waals surface area contributed by atoms with Crippen LogP contribution in [0.25, 0.3) is 0 Å². The van der Waals surface area contributed by atoms with E-state index in [4.69, 9.17) is 4.74 Å². The first-order chi connectivity index (χ1) is 11.7. The van der Waals surface area contributed by atoms with E-state index in [0.29, 0.717) is 6.54 Å². The molecule has 5 heteroatoms. The van der Waals surface area contributed by atoms with Crippen LogP contribution >= 0.6 is 0 Å². The first-order valence-corrected chi connectivity index (χ1v) is 9.02. The van der Waals surface area contributed by atoms with Gasteiger partial charge in [0.2, 0.25) is 5.91 Å². The molecule has 1 aliphatic heterocycles. The Morgan fingerprint density at radius 2 is 1.79 bits per heavy atom. The van der Waals surface area contributed by atoms with Gasteiger partial charge in [0.1, 0.15) is 12.6 Å². The quantitative estimate of drug-likeness (QED) is 0.922. The lowest BCUT2D eigenvalue weighted by molar-refractivity contribution is -0.126. The fourth-order valence-corrected chi connectivity index (χ4v) is 3.60. The van der Waals surface area contributed by atoms with Crippen LogP contribution in [0.5, 0.6) is 0 Å². The molecule has 0 bridgehead atoms. The molecule has 2 amide bonds. The third-order valence-corrected chi connectivity index (χ3v) is 4.95. The zero-order chi connectivity index (χ0) is 16.8. The second-order valence-corrected chi connectivity index (χ2v) is 6.74. The summed E-state index contributed by atoms with van der Waals surface area (Å²) < 4.78 is 5.39. The van der Waals surface area contributed by atoms with Crippen molar-refractivity contribution >= 4 is 12.0 Å². The van der Waals surface area contributed by atoms with Crippen molar-refractivity contribution in [1.29, 1.82) is 0 Å². The average molecular weight is 330 g/mol. The number of amides is 2. The molecule has 1 atom stereocenters. The minimum absolute atomic E-state index is 0.0175. The van der Waals surface area contributed by atoms with Crippen LogP contribution in [0.2, 0.25) is 0 Å². The van der Waals surface area contributed by atoms with Crippen LogP contribution in [0, 0.1) is 0 Å². The van der Waals surface area contributed by atoms with Crippen LogP contribution in [0.4, 0.5) is 4.79 Å². The molecule has 1 saturated heterocycles. The van der Waals surface area contributed by atoms with Gasteiger partial charge < -0.3 is 10.1 Å². The van der Waals surface area contributed by atoms with Gasteiger partial charge in [-0.3, -0.25) is 9.69 Å². The molecule has 24 heavy (non-hydrogen) atoms. The van der Waals surface area contributed by atoms with Gasteiger partial charge in [-0.2, -0.15) is 0 Å². The molecular formula is C19H26N2O3. The Morgan fingerprint density at radius 1 is 1.04 bits per heavy atom. The van der Waals surface area contributed by atoms with Crippen LogP contribution in [0.15, 0.2) is 30.3 Å². The maximum Gasteiger partial charge on any atom is 0.410 e. The molecule has 0 radical (unpaired) electrons. The van der Waals surface area contributed by atoms with Crippen molar-refractivity contribution in [3.8, 4) is 0 Å². The molecule has 1 heterocycles. The lowest BCUT2D eigenvalue weighted by atomic mass is 9.95. The molecule has 1 N–H and O–H groups in total. The Hall–Kier alpha value is -2.04. The number of rotatable bonds is 4. The molecule has 0 unspecified atom stereocenters. The third kappa shape index (κ3) is 4.28. The highest BCUT2D eigenvalue weighted by atomic mass is 16.6. The fourth-order valence-electron chi connectivity index (χ4n) is 3.60. The Balaban J connectivity index is 1.52. The van der Waals surface area contributed by atoms with E-state index in [1.807, 2.05) is 30.3 Å². The standard InChI is InChI=1S/C19H26N2O3/c22-18(20-16-10-5-2-6-11-16)17-12-7-13-21(17)19(23)24-14-15-8-3-1-4-9-15/h1,3-4,8-9,16-17H,2,5-7,10-14H2,(H,20,22)/t17-/m1/s1. The average Bonchev–Trinajstić information content (AvgIpc) is 3.11. The number of likely N-dealkylation sites (tertiary alicyclic amines) is 1. The van der Waals surface area contributed by atoms with Crippen LogP contribution in [0.3, 0.4) is 0 Å². The summed E-state index contributed by atoms with van der Waals surface area (Å²) in [5, 5.41) is 3.13.